The van der Waals surface area contributed by atoms with E-state index in [0.29, 0.717) is 17.5 Å². The molecule has 0 unspecified atom stereocenters. The average Bonchev–Trinajstić information content (AvgIpc) is 3.60. The zero-order valence-electron chi connectivity index (χ0n) is 29.9. The highest BCUT2D eigenvalue weighted by Gasteiger charge is 2.16. The first-order chi connectivity index (χ1) is 27.2. The first-order valence-corrected chi connectivity index (χ1v) is 18.5. The Hall–Kier alpha value is -7.43. The summed E-state index contributed by atoms with van der Waals surface area (Å²) >= 11 is 0. The normalized spacial score (nSPS) is 11.3. The Labute approximate surface area is 319 Å². The van der Waals surface area contributed by atoms with Gasteiger partial charge in [-0.05, 0) is 69.8 Å². The quantitative estimate of drug-likeness (QED) is 0.166. The van der Waals surface area contributed by atoms with Gasteiger partial charge in [0.2, 0.25) is 0 Å². The van der Waals surface area contributed by atoms with Gasteiger partial charge in [0.05, 0.1) is 11.0 Å². The van der Waals surface area contributed by atoms with Crippen LogP contribution in [0.3, 0.4) is 0 Å². The van der Waals surface area contributed by atoms with Gasteiger partial charge in [-0.15, -0.1) is 0 Å². The van der Waals surface area contributed by atoms with Gasteiger partial charge in [-0.1, -0.05) is 170 Å². The zero-order valence-corrected chi connectivity index (χ0v) is 29.9. The Balaban J connectivity index is 1.02. The third-order valence-corrected chi connectivity index (χ3v) is 10.3. The second-order valence-electron chi connectivity index (χ2n) is 13.7. The fourth-order valence-electron chi connectivity index (χ4n) is 7.47. The molecule has 10 rings (SSSR count). The number of fused-ring (bicyclic) bond motifs is 3. The maximum atomic E-state index is 4.91. The van der Waals surface area contributed by atoms with Gasteiger partial charge in [0.25, 0.3) is 0 Å². The molecule has 0 saturated heterocycles. The molecule has 8 aromatic carbocycles. The molecule has 0 spiro atoms. The summed E-state index contributed by atoms with van der Waals surface area (Å²) in [5.41, 5.74) is 13.4. The highest BCUT2D eigenvalue weighted by molar-refractivity contribution is 6.11. The third-order valence-electron chi connectivity index (χ3n) is 10.3. The van der Waals surface area contributed by atoms with Crippen molar-refractivity contribution in [3.8, 4) is 73.2 Å². The maximum Gasteiger partial charge on any atom is 0.164 e. The number of hydrogen-bond acceptors (Lipinski definition) is 3. The predicted molar refractivity (Wildman–Crippen MR) is 227 cm³/mol. The lowest BCUT2D eigenvalue weighted by Gasteiger charge is -2.11. The number of aromatic nitrogens is 4. The molecule has 0 radical (unpaired) electrons. The van der Waals surface area contributed by atoms with Gasteiger partial charge in [-0.2, -0.15) is 0 Å². The molecule has 0 aliphatic carbocycles. The van der Waals surface area contributed by atoms with E-state index in [-0.39, 0.29) is 0 Å². The van der Waals surface area contributed by atoms with Crippen molar-refractivity contribution in [1.82, 2.24) is 19.5 Å². The molecule has 55 heavy (non-hydrogen) atoms. The summed E-state index contributed by atoms with van der Waals surface area (Å²) in [5.74, 6) is 1.95. The van der Waals surface area contributed by atoms with Crippen LogP contribution in [0.2, 0.25) is 0 Å². The monoisotopic (exact) mass is 702 g/mol. The lowest BCUT2D eigenvalue weighted by Crippen LogP contribution is -2.00. The lowest BCUT2D eigenvalue weighted by molar-refractivity contribution is 1.07. The second-order valence-corrected chi connectivity index (χ2v) is 13.7. The van der Waals surface area contributed by atoms with Crippen molar-refractivity contribution < 1.29 is 0 Å². The minimum atomic E-state index is 0.645. The molecule has 4 nitrogen and oxygen atoms in total. The smallest absolute Gasteiger partial charge is 0.164 e. The molecule has 0 bridgehead atoms. The van der Waals surface area contributed by atoms with Gasteiger partial charge in [-0.3, -0.25) is 0 Å². The van der Waals surface area contributed by atoms with E-state index in [1.165, 1.54) is 44.1 Å². The van der Waals surface area contributed by atoms with Crippen LogP contribution in [-0.2, 0) is 0 Å². The maximum absolute atomic E-state index is 4.91. The van der Waals surface area contributed by atoms with E-state index < -0.39 is 0 Å². The van der Waals surface area contributed by atoms with Crippen molar-refractivity contribution in [3.63, 3.8) is 0 Å². The summed E-state index contributed by atoms with van der Waals surface area (Å²) < 4.78 is 2.39. The minimum absolute atomic E-state index is 0.645. The average molecular weight is 703 g/mol. The third kappa shape index (κ3) is 6.16. The molecule has 0 aliphatic heterocycles. The standard InChI is InChI=1S/C51H34N4/c1-5-13-35(14-6-1)42-27-31-47-45(33-42)46-34-43(36-15-7-2-8-16-36)28-32-48(46)55(47)44-29-25-38(26-30-44)37-21-23-41(24-22-37)51-53-49(39-17-9-3-10-18-39)52-50(54-51)40-19-11-4-12-20-40/h1-34H. The Bertz CT molecular complexity index is 2770. The summed E-state index contributed by atoms with van der Waals surface area (Å²) in [6.45, 7) is 0. The van der Waals surface area contributed by atoms with Crippen LogP contribution in [-0.4, -0.2) is 19.5 Å². The first-order valence-electron chi connectivity index (χ1n) is 18.5. The molecule has 0 atom stereocenters. The second kappa shape index (κ2) is 13.8. The fraction of sp³-hybridized carbons (Fsp3) is 0. The topological polar surface area (TPSA) is 43.6 Å². The summed E-state index contributed by atoms with van der Waals surface area (Å²) in [6, 6.07) is 72.4. The molecule has 4 heteroatoms. The van der Waals surface area contributed by atoms with Crippen LogP contribution in [0.4, 0.5) is 0 Å². The van der Waals surface area contributed by atoms with Crippen LogP contribution in [0.1, 0.15) is 0 Å². The van der Waals surface area contributed by atoms with Crippen LogP contribution in [0.15, 0.2) is 206 Å². The van der Waals surface area contributed by atoms with Crippen molar-refractivity contribution in [2.75, 3.05) is 0 Å². The number of benzene rings is 8. The Morgan fingerprint density at radius 2 is 0.545 bits per heavy atom. The molecule has 258 valence electrons. The number of rotatable bonds is 7. The highest BCUT2D eigenvalue weighted by atomic mass is 15.0. The molecule has 2 aromatic heterocycles. The van der Waals surface area contributed by atoms with Gasteiger partial charge in [0.15, 0.2) is 17.5 Å². The van der Waals surface area contributed by atoms with Gasteiger partial charge in [0, 0.05) is 33.2 Å². The van der Waals surface area contributed by atoms with Crippen LogP contribution >= 0.6 is 0 Å². The van der Waals surface area contributed by atoms with Crippen molar-refractivity contribution in [2.24, 2.45) is 0 Å². The Morgan fingerprint density at radius 1 is 0.255 bits per heavy atom. The van der Waals surface area contributed by atoms with Gasteiger partial charge < -0.3 is 4.57 Å². The summed E-state index contributed by atoms with van der Waals surface area (Å²) in [6.07, 6.45) is 0. The van der Waals surface area contributed by atoms with Crippen LogP contribution in [0, 0.1) is 0 Å². The number of hydrogen-bond donors (Lipinski definition) is 0. The molecule has 0 N–H and O–H groups in total. The first kappa shape index (κ1) is 32.2. The van der Waals surface area contributed by atoms with Crippen molar-refractivity contribution in [2.45, 2.75) is 0 Å². The van der Waals surface area contributed by atoms with Gasteiger partial charge in [-0.25, -0.2) is 15.0 Å². The van der Waals surface area contributed by atoms with Crippen LogP contribution < -0.4 is 0 Å². The molecule has 10 aromatic rings. The summed E-state index contributed by atoms with van der Waals surface area (Å²) in [5, 5.41) is 2.47. The van der Waals surface area contributed by atoms with Crippen molar-refractivity contribution in [3.05, 3.63) is 206 Å². The van der Waals surface area contributed by atoms with Crippen LogP contribution in [0.25, 0.3) is 95.0 Å². The number of nitrogens with zero attached hydrogens (tertiary/aromatic N) is 4. The van der Waals surface area contributed by atoms with Crippen LogP contribution in [0.5, 0.6) is 0 Å². The molecular formula is C51H34N4. The van der Waals surface area contributed by atoms with E-state index >= 15 is 0 Å². The van der Waals surface area contributed by atoms with Gasteiger partial charge in [0.1, 0.15) is 0 Å². The Morgan fingerprint density at radius 3 is 0.945 bits per heavy atom. The largest absolute Gasteiger partial charge is 0.309 e. The van der Waals surface area contributed by atoms with Gasteiger partial charge >= 0.3 is 0 Å². The van der Waals surface area contributed by atoms with Crippen molar-refractivity contribution >= 4 is 21.8 Å². The Kier molecular flexibility index (Phi) is 8.12. The van der Waals surface area contributed by atoms with E-state index in [1.807, 2.05) is 60.7 Å². The van der Waals surface area contributed by atoms with E-state index in [1.54, 1.807) is 0 Å². The molecule has 0 aliphatic rings. The van der Waals surface area contributed by atoms with E-state index in [4.69, 9.17) is 15.0 Å². The SMILES string of the molecule is c1ccc(-c2ccc3c(c2)c2cc(-c4ccccc4)ccc2n3-c2ccc(-c3ccc(-c4nc(-c5ccccc5)nc(-c5ccccc5)n4)cc3)cc2)cc1. The van der Waals surface area contributed by atoms with Crippen molar-refractivity contribution in [1.29, 1.82) is 0 Å². The molecule has 0 fully saturated rings. The molecule has 0 amide bonds. The predicted octanol–water partition coefficient (Wildman–Crippen LogP) is 13.0. The summed E-state index contributed by atoms with van der Waals surface area (Å²) in [7, 11) is 0. The molecular weight excluding hydrogens is 669 g/mol. The minimum Gasteiger partial charge on any atom is -0.309 e. The lowest BCUT2D eigenvalue weighted by atomic mass is 10.0. The van der Waals surface area contributed by atoms with E-state index in [2.05, 4.69) is 150 Å². The fourth-order valence-corrected chi connectivity index (χ4v) is 7.47. The zero-order chi connectivity index (χ0) is 36.6. The van der Waals surface area contributed by atoms with E-state index in [9.17, 15) is 0 Å². The molecule has 2 heterocycles. The van der Waals surface area contributed by atoms with E-state index in [0.717, 1.165) is 33.5 Å². The molecule has 0 saturated carbocycles. The highest BCUT2D eigenvalue weighted by Crippen LogP contribution is 2.38. The summed E-state index contributed by atoms with van der Waals surface area (Å²) in [4.78, 5) is 14.7.